The van der Waals surface area contributed by atoms with Crippen LogP contribution in [0.2, 0.25) is 0 Å². The quantitative estimate of drug-likeness (QED) is 0.914. The molecule has 20 heavy (non-hydrogen) atoms. The molecule has 3 heteroatoms. The Hall–Kier alpha value is -1.09. The van der Waals surface area contributed by atoms with Crippen LogP contribution in [0.15, 0.2) is 18.2 Å². The molecule has 0 aromatic carbocycles. The number of nitrogens with zero attached hydrogens (tertiary/aromatic N) is 1. The highest BCUT2D eigenvalue weighted by molar-refractivity contribution is 5.19. The van der Waals surface area contributed by atoms with Gasteiger partial charge in [0.1, 0.15) is 6.10 Å². The molecule has 2 aliphatic carbocycles. The first-order chi connectivity index (χ1) is 9.47. The first-order valence-corrected chi connectivity index (χ1v) is 7.74. The molecule has 1 aromatic rings. The van der Waals surface area contributed by atoms with Crippen LogP contribution < -0.4 is 10.1 Å². The van der Waals surface area contributed by atoms with E-state index in [1.165, 1.54) is 19.3 Å². The molecule has 0 spiro atoms. The molecule has 0 radical (unpaired) electrons. The van der Waals surface area contributed by atoms with Crippen molar-refractivity contribution in [3.63, 3.8) is 0 Å². The second kappa shape index (κ2) is 4.73. The van der Waals surface area contributed by atoms with Crippen molar-refractivity contribution in [1.29, 1.82) is 0 Å². The lowest BCUT2D eigenvalue weighted by Gasteiger charge is -2.38. The lowest BCUT2D eigenvalue weighted by Crippen LogP contribution is -2.39. The summed E-state index contributed by atoms with van der Waals surface area (Å²) in [6.07, 6.45) is 4.14. The summed E-state index contributed by atoms with van der Waals surface area (Å²) in [5.41, 5.74) is 1.72. The predicted octanol–water partition coefficient (Wildman–Crippen LogP) is 3.39. The minimum atomic E-state index is 0.290. The Morgan fingerprint density at radius 1 is 1.35 bits per heavy atom. The van der Waals surface area contributed by atoms with Crippen LogP contribution in [0.1, 0.15) is 45.7 Å². The van der Waals surface area contributed by atoms with E-state index in [2.05, 4.69) is 31.1 Å². The smallest absolute Gasteiger partial charge is 0.213 e. The van der Waals surface area contributed by atoms with Gasteiger partial charge in [0.25, 0.3) is 0 Å². The molecule has 1 N–H and O–H groups in total. The Morgan fingerprint density at radius 3 is 2.75 bits per heavy atom. The molecule has 110 valence electrons. The highest BCUT2D eigenvalue weighted by Gasteiger charge is 2.62. The van der Waals surface area contributed by atoms with Gasteiger partial charge in [-0.2, -0.15) is 0 Å². The molecule has 2 fully saturated rings. The topological polar surface area (TPSA) is 34.1 Å². The normalized spacial score (nSPS) is 34.4. The van der Waals surface area contributed by atoms with E-state index >= 15 is 0 Å². The van der Waals surface area contributed by atoms with Crippen LogP contribution in [0.4, 0.5) is 0 Å². The first-order valence-electron chi connectivity index (χ1n) is 7.74. The van der Waals surface area contributed by atoms with E-state index in [1.54, 1.807) is 0 Å². The molecule has 3 nitrogen and oxygen atoms in total. The third-order valence-corrected chi connectivity index (χ3v) is 6.12. The van der Waals surface area contributed by atoms with E-state index in [0.717, 1.165) is 24.0 Å². The van der Waals surface area contributed by atoms with Crippen molar-refractivity contribution >= 4 is 0 Å². The summed E-state index contributed by atoms with van der Waals surface area (Å²) < 4.78 is 6.30. The molecule has 1 aromatic heterocycles. The Morgan fingerprint density at radius 2 is 2.15 bits per heavy atom. The monoisotopic (exact) mass is 274 g/mol. The molecule has 3 rings (SSSR count). The number of rotatable bonds is 4. The van der Waals surface area contributed by atoms with Crippen molar-refractivity contribution in [2.75, 3.05) is 7.05 Å². The number of fused-ring (bicyclic) bond motifs is 2. The van der Waals surface area contributed by atoms with E-state index in [0.29, 0.717) is 16.9 Å². The predicted molar refractivity (Wildman–Crippen MR) is 80.6 cm³/mol. The van der Waals surface area contributed by atoms with Crippen molar-refractivity contribution < 1.29 is 4.74 Å². The zero-order valence-corrected chi connectivity index (χ0v) is 13.1. The SMILES string of the molecule is CNCc1cccc(OC2CC3CCC2(C)C3(C)C)n1. The average Bonchev–Trinajstić information content (AvgIpc) is 2.73. The Kier molecular flexibility index (Phi) is 3.28. The molecule has 2 saturated carbocycles. The minimum Gasteiger partial charge on any atom is -0.474 e. The lowest BCUT2D eigenvalue weighted by atomic mass is 9.70. The summed E-state index contributed by atoms with van der Waals surface area (Å²) in [5.74, 6) is 1.59. The number of pyridine rings is 1. The van der Waals surface area contributed by atoms with Crippen molar-refractivity contribution in [3.05, 3.63) is 23.9 Å². The van der Waals surface area contributed by atoms with Crippen LogP contribution in [0, 0.1) is 16.7 Å². The summed E-state index contributed by atoms with van der Waals surface area (Å²) in [6.45, 7) is 8.02. The summed E-state index contributed by atoms with van der Waals surface area (Å²) in [6, 6.07) is 6.06. The van der Waals surface area contributed by atoms with Gasteiger partial charge in [0.05, 0.1) is 5.69 Å². The highest BCUT2D eigenvalue weighted by Crippen LogP contribution is 2.66. The molecular formula is C17H26N2O. The minimum absolute atomic E-state index is 0.290. The van der Waals surface area contributed by atoms with Crippen molar-refractivity contribution in [3.8, 4) is 5.88 Å². The Balaban J connectivity index is 1.78. The van der Waals surface area contributed by atoms with E-state index in [9.17, 15) is 0 Å². The number of hydrogen-bond donors (Lipinski definition) is 1. The summed E-state index contributed by atoms with van der Waals surface area (Å²) in [4.78, 5) is 4.60. The standard InChI is InChI=1S/C17H26N2O/c1-16(2)12-8-9-17(16,3)14(10-12)20-15-7-5-6-13(19-15)11-18-4/h5-7,12,14,18H,8-11H2,1-4H3. The van der Waals surface area contributed by atoms with Crippen LogP contribution in [0.25, 0.3) is 0 Å². The molecular weight excluding hydrogens is 248 g/mol. The average molecular weight is 274 g/mol. The van der Waals surface area contributed by atoms with Gasteiger partial charge in [-0.25, -0.2) is 4.98 Å². The van der Waals surface area contributed by atoms with Crippen molar-refractivity contribution in [2.24, 2.45) is 16.7 Å². The number of nitrogens with one attached hydrogen (secondary N) is 1. The second-order valence-corrected chi connectivity index (χ2v) is 7.21. The zero-order valence-electron chi connectivity index (χ0n) is 13.1. The van der Waals surface area contributed by atoms with E-state index in [4.69, 9.17) is 4.74 Å². The molecule has 3 unspecified atom stereocenters. The number of hydrogen-bond acceptors (Lipinski definition) is 3. The molecule has 1 heterocycles. The van der Waals surface area contributed by atoms with Gasteiger partial charge in [-0.1, -0.05) is 26.8 Å². The van der Waals surface area contributed by atoms with Gasteiger partial charge < -0.3 is 10.1 Å². The van der Waals surface area contributed by atoms with Crippen LogP contribution in [0.5, 0.6) is 5.88 Å². The maximum atomic E-state index is 6.30. The van der Waals surface area contributed by atoms with E-state index in [-0.39, 0.29) is 0 Å². The fourth-order valence-corrected chi connectivity index (χ4v) is 4.26. The van der Waals surface area contributed by atoms with Crippen molar-refractivity contribution in [1.82, 2.24) is 10.3 Å². The van der Waals surface area contributed by atoms with Gasteiger partial charge in [-0.3, -0.25) is 0 Å². The molecule has 2 bridgehead atoms. The van der Waals surface area contributed by atoms with Gasteiger partial charge in [0.2, 0.25) is 5.88 Å². The summed E-state index contributed by atoms with van der Waals surface area (Å²) in [7, 11) is 1.94. The van der Waals surface area contributed by atoms with Crippen LogP contribution >= 0.6 is 0 Å². The second-order valence-electron chi connectivity index (χ2n) is 7.21. The fraction of sp³-hybridized carbons (Fsp3) is 0.706. The zero-order chi connectivity index (χ0) is 14.4. The highest BCUT2D eigenvalue weighted by atomic mass is 16.5. The summed E-state index contributed by atoms with van der Waals surface area (Å²) >= 11 is 0. The fourth-order valence-electron chi connectivity index (χ4n) is 4.26. The molecule has 0 amide bonds. The maximum absolute atomic E-state index is 6.30. The van der Waals surface area contributed by atoms with Gasteiger partial charge in [-0.15, -0.1) is 0 Å². The number of aromatic nitrogens is 1. The van der Waals surface area contributed by atoms with Gasteiger partial charge in [0, 0.05) is 18.0 Å². The molecule has 0 saturated heterocycles. The molecule has 3 atom stereocenters. The Bertz CT molecular complexity index is 500. The van der Waals surface area contributed by atoms with Gasteiger partial charge in [-0.05, 0) is 43.7 Å². The van der Waals surface area contributed by atoms with Gasteiger partial charge in [0.15, 0.2) is 0 Å². The largest absolute Gasteiger partial charge is 0.474 e. The van der Waals surface area contributed by atoms with Crippen LogP contribution in [-0.2, 0) is 6.54 Å². The van der Waals surface area contributed by atoms with E-state index < -0.39 is 0 Å². The molecule has 2 aliphatic rings. The Labute approximate surface area is 122 Å². The van der Waals surface area contributed by atoms with Crippen molar-refractivity contribution in [2.45, 2.75) is 52.7 Å². The number of ether oxygens (including phenoxy) is 1. The van der Waals surface area contributed by atoms with Crippen LogP contribution in [-0.4, -0.2) is 18.1 Å². The van der Waals surface area contributed by atoms with Gasteiger partial charge >= 0.3 is 0 Å². The first kappa shape index (κ1) is 13.9. The van der Waals surface area contributed by atoms with E-state index in [1.807, 2.05) is 25.2 Å². The summed E-state index contributed by atoms with van der Waals surface area (Å²) in [5, 5.41) is 3.13. The third kappa shape index (κ3) is 1.95. The molecule has 0 aliphatic heterocycles. The lowest BCUT2D eigenvalue weighted by molar-refractivity contribution is 0.0272. The third-order valence-electron chi connectivity index (χ3n) is 6.12. The maximum Gasteiger partial charge on any atom is 0.213 e. The van der Waals surface area contributed by atoms with Crippen LogP contribution in [0.3, 0.4) is 0 Å².